The SMILES string of the molecule is CC(C)(C)NS(=O)(=O)c1ccc(NC(=O)[C@]2(NC(=O)c3ccc(F)cc3)C[C@H]2c2ccccc2)cc1. The van der Waals surface area contributed by atoms with Crippen molar-refractivity contribution in [1.29, 1.82) is 0 Å². The minimum Gasteiger partial charge on any atom is -0.337 e. The molecule has 1 fully saturated rings. The molecular weight excluding hydrogens is 481 g/mol. The predicted octanol–water partition coefficient (Wildman–Crippen LogP) is 4.20. The van der Waals surface area contributed by atoms with E-state index in [0.717, 1.165) is 5.56 Å². The molecule has 0 heterocycles. The van der Waals surface area contributed by atoms with Gasteiger partial charge in [-0.15, -0.1) is 0 Å². The van der Waals surface area contributed by atoms with Crippen LogP contribution in [0.15, 0.2) is 83.8 Å². The van der Waals surface area contributed by atoms with E-state index in [-0.39, 0.29) is 16.4 Å². The summed E-state index contributed by atoms with van der Waals surface area (Å²) in [6.07, 6.45) is 0.387. The van der Waals surface area contributed by atoms with E-state index in [0.29, 0.717) is 12.1 Å². The molecule has 0 bridgehead atoms. The molecule has 9 heteroatoms. The van der Waals surface area contributed by atoms with Crippen LogP contribution in [0.3, 0.4) is 0 Å². The molecule has 188 valence electrons. The van der Waals surface area contributed by atoms with Crippen LogP contribution in [0.4, 0.5) is 10.1 Å². The second-order valence-electron chi connectivity index (χ2n) is 9.93. The molecule has 4 rings (SSSR count). The van der Waals surface area contributed by atoms with Crippen LogP contribution in [-0.2, 0) is 14.8 Å². The summed E-state index contributed by atoms with van der Waals surface area (Å²) in [4.78, 5) is 26.5. The molecule has 0 spiro atoms. The summed E-state index contributed by atoms with van der Waals surface area (Å²) in [6.45, 7) is 5.24. The third kappa shape index (κ3) is 5.63. The van der Waals surface area contributed by atoms with E-state index in [2.05, 4.69) is 15.4 Å². The summed E-state index contributed by atoms with van der Waals surface area (Å²) < 4.78 is 41.0. The zero-order valence-electron chi connectivity index (χ0n) is 20.2. The van der Waals surface area contributed by atoms with Crippen LogP contribution < -0.4 is 15.4 Å². The summed E-state index contributed by atoms with van der Waals surface area (Å²) in [5, 5.41) is 5.66. The molecule has 1 saturated carbocycles. The largest absolute Gasteiger partial charge is 0.337 e. The van der Waals surface area contributed by atoms with Crippen molar-refractivity contribution in [1.82, 2.24) is 10.0 Å². The number of rotatable bonds is 7. The first-order valence-corrected chi connectivity index (χ1v) is 13.0. The highest BCUT2D eigenvalue weighted by Gasteiger charge is 2.61. The topological polar surface area (TPSA) is 104 Å². The smallest absolute Gasteiger partial charge is 0.252 e. The van der Waals surface area contributed by atoms with Crippen LogP contribution in [0.2, 0.25) is 0 Å². The summed E-state index contributed by atoms with van der Waals surface area (Å²) in [5.41, 5.74) is -0.307. The van der Waals surface area contributed by atoms with Gasteiger partial charge in [0.05, 0.1) is 4.90 Å². The third-order valence-electron chi connectivity index (χ3n) is 5.87. The number of amides is 2. The Kier molecular flexibility index (Phi) is 6.72. The Morgan fingerprint density at radius 1 is 0.917 bits per heavy atom. The van der Waals surface area contributed by atoms with Crippen LogP contribution in [-0.4, -0.2) is 31.3 Å². The molecule has 0 saturated heterocycles. The van der Waals surface area contributed by atoms with Gasteiger partial charge < -0.3 is 10.6 Å². The van der Waals surface area contributed by atoms with Crippen molar-refractivity contribution in [3.8, 4) is 0 Å². The van der Waals surface area contributed by atoms with Gasteiger partial charge in [-0.25, -0.2) is 17.5 Å². The number of carbonyl (C=O) groups is 2. The molecule has 1 aliphatic carbocycles. The third-order valence-corrected chi connectivity index (χ3v) is 7.65. The van der Waals surface area contributed by atoms with E-state index in [4.69, 9.17) is 0 Å². The number of sulfonamides is 1. The van der Waals surface area contributed by atoms with Gasteiger partial charge in [-0.3, -0.25) is 9.59 Å². The van der Waals surface area contributed by atoms with E-state index in [1.165, 1.54) is 48.5 Å². The van der Waals surface area contributed by atoms with Gasteiger partial charge in [0.2, 0.25) is 10.0 Å². The molecule has 0 aliphatic heterocycles. The monoisotopic (exact) mass is 509 g/mol. The molecule has 2 amide bonds. The summed E-state index contributed by atoms with van der Waals surface area (Å²) in [5.74, 6) is -1.62. The fourth-order valence-electron chi connectivity index (χ4n) is 4.09. The Morgan fingerprint density at radius 3 is 2.11 bits per heavy atom. The molecule has 3 aromatic rings. The van der Waals surface area contributed by atoms with Crippen molar-refractivity contribution < 1.29 is 22.4 Å². The predicted molar refractivity (Wildman–Crippen MR) is 136 cm³/mol. The maximum absolute atomic E-state index is 13.5. The number of hydrogen-bond acceptors (Lipinski definition) is 4. The average molecular weight is 510 g/mol. The van der Waals surface area contributed by atoms with Crippen LogP contribution in [0.5, 0.6) is 0 Å². The van der Waals surface area contributed by atoms with Crippen LogP contribution >= 0.6 is 0 Å². The average Bonchev–Trinajstić information content (AvgIpc) is 3.54. The molecule has 0 radical (unpaired) electrons. The van der Waals surface area contributed by atoms with Crippen molar-refractivity contribution in [3.05, 3.63) is 95.8 Å². The van der Waals surface area contributed by atoms with Gasteiger partial charge >= 0.3 is 0 Å². The highest BCUT2D eigenvalue weighted by atomic mass is 32.2. The first kappa shape index (κ1) is 25.5. The first-order valence-electron chi connectivity index (χ1n) is 11.5. The van der Waals surface area contributed by atoms with Gasteiger partial charge in [-0.2, -0.15) is 0 Å². The lowest BCUT2D eigenvalue weighted by Gasteiger charge is -2.21. The lowest BCUT2D eigenvalue weighted by molar-refractivity contribution is -0.119. The first-order chi connectivity index (χ1) is 16.9. The maximum atomic E-state index is 13.5. The van der Waals surface area contributed by atoms with E-state index in [9.17, 15) is 22.4 Å². The molecule has 3 aromatic carbocycles. The van der Waals surface area contributed by atoms with Crippen molar-refractivity contribution in [2.24, 2.45) is 0 Å². The van der Waals surface area contributed by atoms with E-state index in [1.54, 1.807) is 20.8 Å². The van der Waals surface area contributed by atoms with Crippen LogP contribution in [0.1, 0.15) is 49.0 Å². The zero-order chi connectivity index (χ0) is 26.1. The summed E-state index contributed by atoms with van der Waals surface area (Å²) >= 11 is 0. The Labute approximate surface area is 210 Å². The maximum Gasteiger partial charge on any atom is 0.252 e. The Bertz CT molecular complexity index is 1370. The lowest BCUT2D eigenvalue weighted by atomic mass is 10.0. The molecule has 1 aliphatic rings. The summed E-state index contributed by atoms with van der Waals surface area (Å²) in [6, 6.07) is 20.3. The quantitative estimate of drug-likeness (QED) is 0.444. The Balaban J connectivity index is 1.55. The molecule has 36 heavy (non-hydrogen) atoms. The number of hydrogen-bond donors (Lipinski definition) is 3. The fourth-order valence-corrected chi connectivity index (χ4v) is 5.51. The highest BCUT2D eigenvalue weighted by molar-refractivity contribution is 7.89. The van der Waals surface area contributed by atoms with Crippen molar-refractivity contribution in [3.63, 3.8) is 0 Å². The fraction of sp³-hybridized carbons (Fsp3) is 0.259. The molecule has 3 N–H and O–H groups in total. The second-order valence-corrected chi connectivity index (χ2v) is 11.6. The summed E-state index contributed by atoms with van der Waals surface area (Å²) in [7, 11) is -3.72. The molecule has 2 atom stereocenters. The minimum absolute atomic E-state index is 0.0725. The van der Waals surface area contributed by atoms with Crippen molar-refractivity contribution in [2.75, 3.05) is 5.32 Å². The second kappa shape index (κ2) is 9.48. The van der Waals surface area contributed by atoms with Gasteiger partial charge in [0, 0.05) is 22.7 Å². The molecule has 0 aromatic heterocycles. The molecular formula is C27H28FN3O4S. The number of benzene rings is 3. The van der Waals surface area contributed by atoms with Gasteiger partial charge in [-0.1, -0.05) is 30.3 Å². The Morgan fingerprint density at radius 2 is 1.53 bits per heavy atom. The van der Waals surface area contributed by atoms with Crippen LogP contribution in [0, 0.1) is 5.82 Å². The Hall–Kier alpha value is -3.56. The van der Waals surface area contributed by atoms with E-state index in [1.807, 2.05) is 30.3 Å². The van der Waals surface area contributed by atoms with E-state index >= 15 is 0 Å². The number of nitrogens with one attached hydrogen (secondary N) is 3. The standard InChI is InChI=1S/C27H28FN3O4S/c1-26(2,3)31-36(34,35)22-15-13-21(14-16-22)29-25(33)27(17-23(27)18-7-5-4-6-8-18)30-24(32)19-9-11-20(28)12-10-19/h4-16,23,31H,17H2,1-3H3,(H,29,33)(H,30,32)/t23-,27-/m0/s1. The van der Waals surface area contributed by atoms with E-state index < -0.39 is 38.7 Å². The number of anilines is 1. The van der Waals surface area contributed by atoms with Gasteiger partial charge in [0.15, 0.2) is 0 Å². The van der Waals surface area contributed by atoms with Gasteiger partial charge in [0.25, 0.3) is 11.8 Å². The minimum atomic E-state index is -3.72. The molecule has 7 nitrogen and oxygen atoms in total. The highest BCUT2D eigenvalue weighted by Crippen LogP contribution is 2.52. The molecule has 0 unspecified atom stereocenters. The van der Waals surface area contributed by atoms with Crippen molar-refractivity contribution in [2.45, 2.75) is 49.1 Å². The number of halogens is 1. The van der Waals surface area contributed by atoms with Gasteiger partial charge in [0.1, 0.15) is 11.4 Å². The normalized spacial score (nSPS) is 19.4. The zero-order valence-corrected chi connectivity index (χ0v) is 21.0. The lowest BCUT2D eigenvalue weighted by Crippen LogP contribution is -2.47. The number of carbonyl (C=O) groups excluding carboxylic acids is 2. The van der Waals surface area contributed by atoms with Gasteiger partial charge in [-0.05, 0) is 81.3 Å². The van der Waals surface area contributed by atoms with Crippen LogP contribution in [0.25, 0.3) is 0 Å². The van der Waals surface area contributed by atoms with Crippen molar-refractivity contribution >= 4 is 27.5 Å².